The Morgan fingerprint density at radius 1 is 1.16 bits per heavy atom. The lowest BCUT2D eigenvalue weighted by Crippen LogP contribution is -2.41. The Morgan fingerprint density at radius 3 is 2.50 bits per heavy atom. The number of carbonyl (C=O) groups is 1. The van der Waals surface area contributed by atoms with Crippen molar-refractivity contribution in [2.45, 2.75) is 83.5 Å². The molecule has 182 valence electrons. The molecule has 1 amide bonds. The number of carbonyl (C=O) groups excluding carboxylic acids is 1. The number of halogens is 3. The van der Waals surface area contributed by atoms with E-state index in [2.05, 4.69) is 15.2 Å². The van der Waals surface area contributed by atoms with Crippen LogP contribution in [0.5, 0.6) is 5.19 Å². The lowest BCUT2D eigenvalue weighted by molar-refractivity contribution is -0.153. The molecule has 2 aliphatic rings. The van der Waals surface area contributed by atoms with Crippen LogP contribution >= 0.6 is 11.3 Å². The summed E-state index contributed by atoms with van der Waals surface area (Å²) in [5.74, 6) is 0.657. The average Bonchev–Trinajstić information content (AvgIpc) is 2.97. The van der Waals surface area contributed by atoms with Gasteiger partial charge in [0.1, 0.15) is 5.60 Å². The predicted octanol–water partition coefficient (Wildman–Crippen LogP) is 4.96. The first-order valence-electron chi connectivity index (χ1n) is 11.4. The Kier molecular flexibility index (Phi) is 8.30. The standard InChI is InChI=1S/C22H34F3N3O3S/c1-21(2,3)31-19(29)26-16-6-4-15(5-7-16)8-11-28-12-9-17-18(10-13-28)32-20(27-17)30-14-22(23,24)25/h15-16H,4-14H2,1-3H3,(H,26,29). The topological polar surface area (TPSA) is 63.7 Å². The quantitative estimate of drug-likeness (QED) is 0.628. The van der Waals surface area contributed by atoms with Gasteiger partial charge in [0.2, 0.25) is 0 Å². The summed E-state index contributed by atoms with van der Waals surface area (Å²) in [5, 5.41) is 3.11. The summed E-state index contributed by atoms with van der Waals surface area (Å²) in [5.41, 5.74) is 0.397. The molecule has 1 fully saturated rings. The van der Waals surface area contributed by atoms with E-state index in [-0.39, 0.29) is 17.3 Å². The zero-order valence-corrected chi connectivity index (χ0v) is 19.9. The number of aromatic nitrogens is 1. The summed E-state index contributed by atoms with van der Waals surface area (Å²) in [7, 11) is 0. The van der Waals surface area contributed by atoms with Crippen molar-refractivity contribution in [3.63, 3.8) is 0 Å². The number of hydrogen-bond donors (Lipinski definition) is 1. The van der Waals surface area contributed by atoms with Crippen LogP contribution in [0.3, 0.4) is 0 Å². The fourth-order valence-corrected chi connectivity index (χ4v) is 5.19. The second kappa shape index (κ2) is 10.6. The van der Waals surface area contributed by atoms with E-state index in [4.69, 9.17) is 9.47 Å². The number of ether oxygens (including phenoxy) is 2. The highest BCUT2D eigenvalue weighted by atomic mass is 32.1. The van der Waals surface area contributed by atoms with Crippen molar-refractivity contribution in [1.29, 1.82) is 0 Å². The molecule has 0 aromatic carbocycles. The number of amides is 1. The van der Waals surface area contributed by atoms with E-state index in [1.807, 2.05) is 20.8 Å². The number of nitrogens with zero attached hydrogens (tertiary/aromatic N) is 2. The van der Waals surface area contributed by atoms with Gasteiger partial charge < -0.3 is 19.7 Å². The number of thiazole rings is 1. The summed E-state index contributed by atoms with van der Waals surface area (Å²) in [6.45, 7) is 7.07. The van der Waals surface area contributed by atoms with E-state index < -0.39 is 18.4 Å². The van der Waals surface area contributed by atoms with Gasteiger partial charge in [0.15, 0.2) is 6.61 Å². The third-order valence-corrected chi connectivity index (χ3v) is 6.93. The molecule has 32 heavy (non-hydrogen) atoms. The maximum Gasteiger partial charge on any atom is 0.422 e. The fraction of sp³-hybridized carbons (Fsp3) is 0.818. The number of rotatable bonds is 6. The van der Waals surface area contributed by atoms with E-state index in [1.165, 1.54) is 11.3 Å². The zero-order chi connectivity index (χ0) is 23.4. The van der Waals surface area contributed by atoms with Crippen LogP contribution in [0.1, 0.15) is 63.4 Å². The van der Waals surface area contributed by atoms with Gasteiger partial charge >= 0.3 is 12.3 Å². The number of hydrogen-bond acceptors (Lipinski definition) is 6. The predicted molar refractivity (Wildman–Crippen MR) is 117 cm³/mol. The highest BCUT2D eigenvalue weighted by Crippen LogP contribution is 2.31. The number of alkyl carbamates (subject to hydrolysis) is 1. The number of nitrogens with one attached hydrogen (secondary N) is 1. The Morgan fingerprint density at radius 2 is 1.84 bits per heavy atom. The minimum atomic E-state index is -4.34. The summed E-state index contributed by atoms with van der Waals surface area (Å²) in [6, 6.07) is 0.190. The summed E-state index contributed by atoms with van der Waals surface area (Å²) < 4.78 is 47.2. The fourth-order valence-electron chi connectivity index (χ4n) is 4.25. The van der Waals surface area contributed by atoms with Crippen LogP contribution in [0.4, 0.5) is 18.0 Å². The van der Waals surface area contributed by atoms with Crippen LogP contribution in [0.2, 0.25) is 0 Å². The molecule has 1 aromatic rings. The molecule has 3 rings (SSSR count). The van der Waals surface area contributed by atoms with Crippen LogP contribution in [0, 0.1) is 5.92 Å². The van der Waals surface area contributed by atoms with Crippen LogP contribution in [0.15, 0.2) is 0 Å². The lowest BCUT2D eigenvalue weighted by Gasteiger charge is -2.31. The van der Waals surface area contributed by atoms with Gasteiger partial charge in [-0.15, -0.1) is 0 Å². The molecule has 6 nitrogen and oxygen atoms in total. The van der Waals surface area contributed by atoms with Crippen molar-refractivity contribution in [1.82, 2.24) is 15.2 Å². The van der Waals surface area contributed by atoms with Crippen molar-refractivity contribution in [3.8, 4) is 5.19 Å². The highest BCUT2D eigenvalue weighted by Gasteiger charge is 2.30. The van der Waals surface area contributed by atoms with Crippen molar-refractivity contribution in [3.05, 3.63) is 10.6 Å². The average molecular weight is 478 g/mol. The molecular formula is C22H34F3N3O3S. The van der Waals surface area contributed by atoms with Crippen LogP contribution in [-0.2, 0) is 17.6 Å². The van der Waals surface area contributed by atoms with Crippen LogP contribution in [0.25, 0.3) is 0 Å². The van der Waals surface area contributed by atoms with Crippen molar-refractivity contribution in [2.24, 2.45) is 5.92 Å². The van der Waals surface area contributed by atoms with Gasteiger partial charge in [-0.05, 0) is 71.8 Å². The van der Waals surface area contributed by atoms with E-state index in [0.717, 1.165) is 75.2 Å². The maximum absolute atomic E-state index is 12.3. The second-order valence-corrected chi connectivity index (χ2v) is 10.8. The van der Waals surface area contributed by atoms with Crippen molar-refractivity contribution >= 4 is 17.4 Å². The first kappa shape index (κ1) is 25.1. The zero-order valence-electron chi connectivity index (χ0n) is 19.1. The molecule has 10 heteroatoms. The van der Waals surface area contributed by atoms with Gasteiger partial charge in [-0.25, -0.2) is 9.78 Å². The summed E-state index contributed by atoms with van der Waals surface area (Å²) >= 11 is 1.24. The molecule has 0 unspecified atom stereocenters. The van der Waals surface area contributed by atoms with Gasteiger partial charge in [0.25, 0.3) is 5.19 Å². The first-order chi connectivity index (χ1) is 15.0. The molecule has 0 bridgehead atoms. The van der Waals surface area contributed by atoms with E-state index in [0.29, 0.717) is 5.92 Å². The molecule has 2 heterocycles. The molecule has 0 spiro atoms. The van der Waals surface area contributed by atoms with E-state index in [1.54, 1.807) is 0 Å². The molecule has 1 aromatic heterocycles. The normalized spacial score (nSPS) is 22.7. The Labute approximate surface area is 191 Å². The van der Waals surface area contributed by atoms with E-state index in [9.17, 15) is 18.0 Å². The summed E-state index contributed by atoms with van der Waals surface area (Å²) in [4.78, 5) is 19.7. The molecule has 0 radical (unpaired) electrons. The highest BCUT2D eigenvalue weighted by molar-refractivity contribution is 7.13. The third-order valence-electron chi connectivity index (χ3n) is 5.86. The molecule has 1 saturated carbocycles. The van der Waals surface area contributed by atoms with Crippen LogP contribution < -0.4 is 10.1 Å². The monoisotopic (exact) mass is 477 g/mol. The number of alkyl halides is 3. The smallest absolute Gasteiger partial charge is 0.422 e. The minimum absolute atomic E-state index is 0.123. The number of fused-ring (bicyclic) bond motifs is 1. The van der Waals surface area contributed by atoms with Gasteiger partial charge in [0.05, 0.1) is 5.69 Å². The van der Waals surface area contributed by atoms with E-state index >= 15 is 0 Å². The Bertz CT molecular complexity index is 730. The third kappa shape index (κ3) is 8.42. The Hall–Kier alpha value is -1.55. The summed E-state index contributed by atoms with van der Waals surface area (Å²) in [6.07, 6.45) is 2.15. The molecule has 0 atom stereocenters. The lowest BCUT2D eigenvalue weighted by atomic mass is 9.84. The maximum atomic E-state index is 12.3. The molecule has 1 aliphatic carbocycles. The minimum Gasteiger partial charge on any atom is -0.460 e. The largest absolute Gasteiger partial charge is 0.460 e. The van der Waals surface area contributed by atoms with Crippen molar-refractivity contribution < 1.29 is 27.4 Å². The molecular weight excluding hydrogens is 443 g/mol. The first-order valence-corrected chi connectivity index (χ1v) is 12.2. The SMILES string of the molecule is CC(C)(C)OC(=O)NC1CCC(CCN2CCc3nc(OCC(F)(F)F)sc3CC2)CC1. The van der Waals surface area contributed by atoms with Crippen LogP contribution in [-0.4, -0.2) is 60.0 Å². The van der Waals surface area contributed by atoms with Gasteiger partial charge in [-0.3, -0.25) is 0 Å². The Balaban J connectivity index is 1.35. The molecule has 1 N–H and O–H groups in total. The second-order valence-electron chi connectivity index (χ2n) is 9.75. The molecule has 1 aliphatic heterocycles. The van der Waals surface area contributed by atoms with Gasteiger partial charge in [-0.2, -0.15) is 13.2 Å². The van der Waals surface area contributed by atoms with Gasteiger partial charge in [-0.1, -0.05) is 11.3 Å². The van der Waals surface area contributed by atoms with Gasteiger partial charge in [0, 0.05) is 30.4 Å². The van der Waals surface area contributed by atoms with Crippen molar-refractivity contribution in [2.75, 3.05) is 26.2 Å². The molecule has 0 saturated heterocycles.